The fraction of sp³-hybridized carbons (Fsp3) is 0.857. The van der Waals surface area contributed by atoms with E-state index in [9.17, 15) is 9.59 Å². The first-order valence-corrected chi connectivity index (χ1v) is 8.64. The maximum Gasteiger partial charge on any atom is 0.246 e. The molecule has 3 aliphatic rings. The summed E-state index contributed by atoms with van der Waals surface area (Å²) in [6, 6.07) is 0.133. The molecular weight excluding hydrogens is 260 g/mol. The van der Waals surface area contributed by atoms with Gasteiger partial charge in [-0.05, 0) is 38.4 Å². The number of carbonyl (C=O) groups excluding carboxylic acids is 2. The molecule has 19 heavy (non-hydrogen) atoms. The lowest BCUT2D eigenvalue weighted by Crippen LogP contribution is -2.64. The van der Waals surface area contributed by atoms with Gasteiger partial charge in [0.15, 0.2) is 0 Å². The number of amides is 2. The molecule has 0 aromatic rings. The number of hydrogen-bond acceptors (Lipinski definition) is 3. The molecule has 0 aromatic carbocycles. The Kier molecular flexibility index (Phi) is 3.74. The lowest BCUT2D eigenvalue weighted by atomic mass is 9.97. The number of nitrogens with zero attached hydrogens (tertiary/aromatic N) is 2. The van der Waals surface area contributed by atoms with Crippen LogP contribution in [0.15, 0.2) is 0 Å². The molecule has 0 bridgehead atoms. The van der Waals surface area contributed by atoms with Gasteiger partial charge in [0, 0.05) is 17.8 Å². The summed E-state index contributed by atoms with van der Waals surface area (Å²) in [7, 11) is 0. The van der Waals surface area contributed by atoms with E-state index in [1.165, 1.54) is 12.8 Å². The zero-order valence-electron chi connectivity index (χ0n) is 11.5. The molecule has 3 unspecified atom stereocenters. The number of piperazine rings is 1. The largest absolute Gasteiger partial charge is 0.329 e. The van der Waals surface area contributed by atoms with Gasteiger partial charge < -0.3 is 9.80 Å². The van der Waals surface area contributed by atoms with Crippen molar-refractivity contribution in [1.29, 1.82) is 0 Å². The van der Waals surface area contributed by atoms with Gasteiger partial charge >= 0.3 is 0 Å². The van der Waals surface area contributed by atoms with Crippen molar-refractivity contribution in [2.75, 3.05) is 19.3 Å². The van der Waals surface area contributed by atoms with Gasteiger partial charge in [0.05, 0.1) is 0 Å². The van der Waals surface area contributed by atoms with E-state index in [0.717, 1.165) is 32.2 Å². The van der Waals surface area contributed by atoms with Crippen LogP contribution in [-0.2, 0) is 9.59 Å². The van der Waals surface area contributed by atoms with Crippen LogP contribution in [0.5, 0.6) is 0 Å². The molecule has 5 heteroatoms. The van der Waals surface area contributed by atoms with Crippen molar-refractivity contribution in [3.63, 3.8) is 0 Å². The summed E-state index contributed by atoms with van der Waals surface area (Å²) >= 11 is 1.85. The lowest BCUT2D eigenvalue weighted by molar-refractivity contribution is -0.159. The molecule has 3 rings (SSSR count). The van der Waals surface area contributed by atoms with Crippen LogP contribution < -0.4 is 0 Å². The minimum atomic E-state index is -0.155. The van der Waals surface area contributed by atoms with E-state index in [-0.39, 0.29) is 23.9 Å². The van der Waals surface area contributed by atoms with Crippen LogP contribution in [0.1, 0.15) is 38.5 Å². The quantitative estimate of drug-likeness (QED) is 0.770. The predicted octanol–water partition coefficient (Wildman–Crippen LogP) is 1.49. The highest BCUT2D eigenvalue weighted by atomic mass is 32.2. The van der Waals surface area contributed by atoms with Gasteiger partial charge in [-0.2, -0.15) is 11.8 Å². The van der Waals surface area contributed by atoms with Crippen LogP contribution in [0.25, 0.3) is 0 Å². The first-order chi connectivity index (χ1) is 9.22. The first kappa shape index (κ1) is 13.3. The van der Waals surface area contributed by atoms with Gasteiger partial charge in [-0.15, -0.1) is 0 Å². The fourth-order valence-electron chi connectivity index (χ4n) is 3.81. The Morgan fingerprint density at radius 1 is 1.05 bits per heavy atom. The topological polar surface area (TPSA) is 40.6 Å². The maximum absolute atomic E-state index is 12.7. The average molecular weight is 282 g/mol. The molecule has 0 radical (unpaired) electrons. The Morgan fingerprint density at radius 3 is 2.68 bits per heavy atom. The first-order valence-electron chi connectivity index (χ1n) is 7.35. The summed E-state index contributed by atoms with van der Waals surface area (Å²) in [5.41, 5.74) is 0. The molecule has 1 aliphatic carbocycles. The normalized spacial score (nSPS) is 35.7. The van der Waals surface area contributed by atoms with Gasteiger partial charge in [0.2, 0.25) is 11.8 Å². The van der Waals surface area contributed by atoms with Crippen molar-refractivity contribution in [1.82, 2.24) is 9.80 Å². The average Bonchev–Trinajstić information content (AvgIpc) is 2.91. The van der Waals surface area contributed by atoms with E-state index in [1.54, 1.807) is 0 Å². The molecule has 0 aromatic heterocycles. The van der Waals surface area contributed by atoms with E-state index in [1.807, 2.05) is 21.6 Å². The zero-order valence-corrected chi connectivity index (χ0v) is 12.3. The van der Waals surface area contributed by atoms with Crippen molar-refractivity contribution in [3.8, 4) is 0 Å². The molecule has 106 valence electrons. The van der Waals surface area contributed by atoms with Crippen LogP contribution in [-0.4, -0.2) is 58.3 Å². The SMILES string of the molecule is CSC1CCCC1N1CC(=O)N2CCCCC2C1=O. The Balaban J connectivity index is 1.79. The van der Waals surface area contributed by atoms with E-state index in [2.05, 4.69) is 6.26 Å². The van der Waals surface area contributed by atoms with Crippen LogP contribution in [0.4, 0.5) is 0 Å². The number of fused-ring (bicyclic) bond motifs is 1. The van der Waals surface area contributed by atoms with Crippen molar-refractivity contribution in [2.24, 2.45) is 0 Å². The molecule has 1 saturated carbocycles. The summed E-state index contributed by atoms with van der Waals surface area (Å²) in [4.78, 5) is 28.7. The van der Waals surface area contributed by atoms with Gasteiger partial charge in [-0.25, -0.2) is 0 Å². The monoisotopic (exact) mass is 282 g/mol. The third-order valence-electron chi connectivity index (χ3n) is 4.82. The van der Waals surface area contributed by atoms with Crippen molar-refractivity contribution in [3.05, 3.63) is 0 Å². The van der Waals surface area contributed by atoms with Crippen LogP contribution >= 0.6 is 11.8 Å². The Labute approximate surface area is 118 Å². The second kappa shape index (κ2) is 5.35. The van der Waals surface area contributed by atoms with E-state index < -0.39 is 0 Å². The molecule has 3 atom stereocenters. The molecule has 3 fully saturated rings. The number of hydrogen-bond donors (Lipinski definition) is 0. The molecule has 2 aliphatic heterocycles. The van der Waals surface area contributed by atoms with Crippen LogP contribution in [0, 0.1) is 0 Å². The molecule has 2 saturated heterocycles. The minimum absolute atomic E-state index is 0.155. The molecule has 0 spiro atoms. The number of carbonyl (C=O) groups is 2. The smallest absolute Gasteiger partial charge is 0.246 e. The number of piperidine rings is 1. The summed E-state index contributed by atoms with van der Waals surface area (Å²) in [5.74, 6) is 0.376. The zero-order chi connectivity index (χ0) is 13.4. The van der Waals surface area contributed by atoms with Gasteiger partial charge in [0.25, 0.3) is 0 Å². The highest BCUT2D eigenvalue weighted by Gasteiger charge is 2.45. The van der Waals surface area contributed by atoms with Gasteiger partial charge in [0.1, 0.15) is 12.6 Å². The highest BCUT2D eigenvalue weighted by Crippen LogP contribution is 2.35. The molecule has 2 heterocycles. The standard InChI is InChI=1S/C14H22N2O2S/c1-19-12-7-4-6-10(12)16-9-13(17)15-8-3-2-5-11(15)14(16)18/h10-12H,2-9H2,1H3. The summed E-state index contributed by atoms with van der Waals surface area (Å²) < 4.78 is 0. The third kappa shape index (κ3) is 2.26. The fourth-order valence-corrected chi connectivity index (χ4v) is 4.81. The van der Waals surface area contributed by atoms with E-state index >= 15 is 0 Å². The highest BCUT2D eigenvalue weighted by molar-refractivity contribution is 7.99. The van der Waals surface area contributed by atoms with E-state index in [0.29, 0.717) is 11.8 Å². The van der Waals surface area contributed by atoms with Gasteiger partial charge in [-0.1, -0.05) is 6.42 Å². The van der Waals surface area contributed by atoms with Crippen molar-refractivity contribution >= 4 is 23.6 Å². The Bertz CT molecular complexity index is 388. The summed E-state index contributed by atoms with van der Waals surface area (Å²) in [6.07, 6.45) is 8.53. The lowest BCUT2D eigenvalue weighted by Gasteiger charge is -2.45. The summed E-state index contributed by atoms with van der Waals surface area (Å²) in [6.45, 7) is 1.09. The molecular formula is C14H22N2O2S. The third-order valence-corrected chi connectivity index (χ3v) is 5.97. The Hall–Kier alpha value is -0.710. The second-order valence-electron chi connectivity index (χ2n) is 5.84. The predicted molar refractivity (Wildman–Crippen MR) is 76.0 cm³/mol. The van der Waals surface area contributed by atoms with Crippen molar-refractivity contribution < 1.29 is 9.59 Å². The second-order valence-corrected chi connectivity index (χ2v) is 6.91. The van der Waals surface area contributed by atoms with Gasteiger partial charge in [-0.3, -0.25) is 9.59 Å². The molecule has 4 nitrogen and oxygen atoms in total. The number of thioether (sulfide) groups is 1. The number of rotatable bonds is 2. The Morgan fingerprint density at radius 2 is 1.89 bits per heavy atom. The molecule has 2 amide bonds. The molecule has 0 N–H and O–H groups in total. The minimum Gasteiger partial charge on any atom is -0.329 e. The van der Waals surface area contributed by atoms with Crippen LogP contribution in [0.2, 0.25) is 0 Å². The van der Waals surface area contributed by atoms with E-state index in [4.69, 9.17) is 0 Å². The summed E-state index contributed by atoms with van der Waals surface area (Å²) in [5, 5.41) is 0.520. The van der Waals surface area contributed by atoms with Crippen LogP contribution in [0.3, 0.4) is 0 Å². The van der Waals surface area contributed by atoms with Crippen molar-refractivity contribution in [2.45, 2.75) is 55.9 Å². The maximum atomic E-state index is 12.7.